The van der Waals surface area contributed by atoms with Crippen molar-refractivity contribution in [3.63, 3.8) is 0 Å². The first-order chi connectivity index (χ1) is 34.2. The van der Waals surface area contributed by atoms with Gasteiger partial charge in [-0.1, -0.05) is 24.3 Å². The quantitative estimate of drug-likeness (QED) is 0.163. The lowest BCUT2D eigenvalue weighted by atomic mass is 10.1. The normalized spacial score (nSPS) is 14.3. The van der Waals surface area contributed by atoms with Gasteiger partial charge < -0.3 is 15.3 Å². The van der Waals surface area contributed by atoms with Crippen molar-refractivity contribution in [2.75, 3.05) is 52.4 Å². The third-order valence-corrected chi connectivity index (χ3v) is 12.9. The minimum Gasteiger partial charge on any atom is -0.481 e. The molecule has 21 heteroatoms. The molecule has 2 fully saturated rings. The second-order valence-corrected chi connectivity index (χ2v) is 17.9. The van der Waals surface area contributed by atoms with Crippen LogP contribution in [0.2, 0.25) is 0 Å². The van der Waals surface area contributed by atoms with E-state index >= 15 is 0 Å². The highest BCUT2D eigenvalue weighted by molar-refractivity contribution is 5.76. The van der Waals surface area contributed by atoms with Crippen LogP contribution in [0.3, 0.4) is 0 Å². The van der Waals surface area contributed by atoms with Crippen LogP contribution < -0.4 is 5.32 Å². The van der Waals surface area contributed by atoms with Gasteiger partial charge in [0, 0.05) is 89.7 Å². The average Bonchev–Trinajstić information content (AvgIpc) is 4.10. The molecule has 372 valence electrons. The number of aromatic nitrogens is 12. The number of carbonyl (C=O) groups excluding carboxylic acids is 1. The highest BCUT2D eigenvalue weighted by Gasteiger charge is 2.23. The topological polar surface area (TPSA) is 198 Å². The summed E-state index contributed by atoms with van der Waals surface area (Å²) in [6.07, 6.45) is 1.63. The Labute approximate surface area is 410 Å². The fraction of sp³-hybridized carbons (Fsp3) is 0.400. The van der Waals surface area contributed by atoms with E-state index < -0.39 is 5.97 Å². The zero-order chi connectivity index (χ0) is 50.2. The molecule has 8 aromatic rings. The summed E-state index contributed by atoms with van der Waals surface area (Å²) in [5, 5.41) is 46.6. The first kappa shape index (κ1) is 50.0. The highest BCUT2D eigenvalue weighted by Crippen LogP contribution is 2.21. The molecular formula is C50H60F2N16O3. The molecule has 0 unspecified atom stereocenters. The molecule has 19 nitrogen and oxygen atoms in total. The maximum absolute atomic E-state index is 13.1. The molecule has 1 amide bonds. The third-order valence-electron chi connectivity index (χ3n) is 12.9. The fourth-order valence-electron chi connectivity index (χ4n) is 8.86. The molecule has 71 heavy (non-hydrogen) atoms. The highest BCUT2D eigenvalue weighted by atomic mass is 19.1. The number of carboxylic acids is 1. The van der Waals surface area contributed by atoms with Crippen LogP contribution in [0.5, 0.6) is 0 Å². The van der Waals surface area contributed by atoms with E-state index in [1.54, 1.807) is 13.7 Å². The maximum atomic E-state index is 13.1. The van der Waals surface area contributed by atoms with E-state index in [-0.39, 0.29) is 24.0 Å². The number of rotatable bonds is 12. The zero-order valence-electron chi connectivity index (χ0n) is 41.1. The van der Waals surface area contributed by atoms with Gasteiger partial charge in [0.05, 0.1) is 11.4 Å². The molecule has 0 bridgehead atoms. The first-order valence-corrected chi connectivity index (χ1v) is 23.8. The predicted octanol–water partition coefficient (Wildman–Crippen LogP) is 5.13. The van der Waals surface area contributed by atoms with E-state index in [0.717, 1.165) is 91.8 Å². The molecule has 0 aliphatic carbocycles. The molecule has 0 saturated carbocycles. The van der Waals surface area contributed by atoms with Gasteiger partial charge in [0.2, 0.25) is 5.91 Å². The zero-order valence-corrected chi connectivity index (χ0v) is 41.1. The number of nitrogens with one attached hydrogen (secondary N) is 1. The van der Waals surface area contributed by atoms with Gasteiger partial charge in [-0.3, -0.25) is 19.4 Å². The maximum Gasteiger partial charge on any atom is 0.303 e. The third kappa shape index (κ3) is 12.3. The standard InChI is InChI=1S/C25H29FN8O.C14H16N6O2.C11H15FN2/c1-17-22(18(2)33(29-17)24-10-9-23-28-27-19(3)34(23)30-24)8-11-25(35)32-14-12-31(13-15-32)16-20-4-6-21(26)7-5-20;1-8-11(4-7-14(21)22)9(2)19(17-8)13-6-5-12-16-15-10(3)20(12)18-13;12-11-3-1-10(2-4-11)9-14-7-5-13-6-8-14/h4-7,9-10H,8,11-16H2,1-3H3;5-6H,4,7H2,1-3H3,(H,21,22);1-4,13H,5-9H2. The minimum absolute atomic E-state index is 0.0877. The van der Waals surface area contributed by atoms with Crippen LogP contribution in [0.25, 0.3) is 22.9 Å². The molecule has 2 aliphatic heterocycles. The second kappa shape index (κ2) is 22.6. The number of benzene rings is 2. The fourth-order valence-corrected chi connectivity index (χ4v) is 8.86. The molecule has 2 aromatic carbocycles. The van der Waals surface area contributed by atoms with E-state index in [0.29, 0.717) is 66.9 Å². The second-order valence-electron chi connectivity index (χ2n) is 17.9. The number of carboxylic acid groups (broad SMARTS) is 1. The molecule has 2 saturated heterocycles. The molecule has 10 rings (SSSR count). The SMILES string of the molecule is Cc1nn(-c2ccc3nnc(C)n3n2)c(C)c1CCC(=O)N1CCN(Cc2ccc(F)cc2)CC1.Cc1nn(-c2ccc3nnc(C)n3n2)c(C)c1CCC(=O)O.Fc1ccc(CN2CCNCC2)cc1. The summed E-state index contributed by atoms with van der Waals surface area (Å²) in [4.78, 5) is 30.3. The molecule has 0 spiro atoms. The van der Waals surface area contributed by atoms with Gasteiger partial charge in [-0.25, -0.2) is 18.1 Å². The van der Waals surface area contributed by atoms with Crippen LogP contribution in [-0.2, 0) is 35.5 Å². The number of nitrogens with zero attached hydrogens (tertiary/aromatic N) is 15. The summed E-state index contributed by atoms with van der Waals surface area (Å²) in [6, 6.07) is 20.8. The van der Waals surface area contributed by atoms with E-state index in [1.165, 1.54) is 29.8 Å². The van der Waals surface area contributed by atoms with Crippen LogP contribution in [-0.4, -0.2) is 143 Å². The summed E-state index contributed by atoms with van der Waals surface area (Å²) >= 11 is 0. The van der Waals surface area contributed by atoms with Crippen molar-refractivity contribution in [2.24, 2.45) is 0 Å². The Kier molecular flexibility index (Phi) is 15.9. The molecular weight excluding hydrogens is 911 g/mol. The number of hydrogen-bond acceptors (Lipinski definition) is 13. The van der Waals surface area contributed by atoms with Gasteiger partial charge in [0.1, 0.15) is 11.6 Å². The number of aryl methyl sites for hydroxylation is 4. The predicted molar refractivity (Wildman–Crippen MR) is 261 cm³/mol. The first-order valence-electron chi connectivity index (χ1n) is 23.8. The number of hydrogen-bond donors (Lipinski definition) is 2. The van der Waals surface area contributed by atoms with Gasteiger partial charge in [0.15, 0.2) is 34.6 Å². The number of carbonyl (C=O) groups is 2. The Morgan fingerprint density at radius 3 is 1.44 bits per heavy atom. The van der Waals surface area contributed by atoms with Crippen LogP contribution in [0.1, 0.15) is 69.5 Å². The number of halogens is 2. The van der Waals surface area contributed by atoms with Crippen molar-refractivity contribution in [1.82, 2.24) is 79.2 Å². The average molecular weight is 971 g/mol. The molecule has 6 aromatic heterocycles. The smallest absolute Gasteiger partial charge is 0.303 e. The van der Waals surface area contributed by atoms with E-state index in [9.17, 15) is 18.4 Å². The molecule has 2 aliphatic rings. The Bertz CT molecular complexity index is 3090. The van der Waals surface area contributed by atoms with Crippen molar-refractivity contribution < 1.29 is 23.5 Å². The van der Waals surface area contributed by atoms with Crippen molar-refractivity contribution in [3.05, 3.63) is 141 Å². The number of amides is 1. The Morgan fingerprint density at radius 1 is 0.549 bits per heavy atom. The molecule has 0 atom stereocenters. The largest absolute Gasteiger partial charge is 0.481 e. The van der Waals surface area contributed by atoms with E-state index in [4.69, 9.17) is 10.2 Å². The summed E-state index contributed by atoms with van der Waals surface area (Å²) in [5.74, 6) is 1.73. The van der Waals surface area contributed by atoms with Gasteiger partial charge in [-0.2, -0.15) is 19.2 Å². The molecule has 2 N–H and O–H groups in total. The van der Waals surface area contributed by atoms with Gasteiger partial charge in [-0.05, 0) is 125 Å². The van der Waals surface area contributed by atoms with E-state index in [2.05, 4.69) is 50.8 Å². The molecule has 0 radical (unpaired) electrons. The Morgan fingerprint density at radius 2 is 0.986 bits per heavy atom. The lowest BCUT2D eigenvalue weighted by Gasteiger charge is -2.34. The van der Waals surface area contributed by atoms with Gasteiger partial charge in [-0.15, -0.1) is 30.6 Å². The summed E-state index contributed by atoms with van der Waals surface area (Å²) in [6.45, 7) is 20.5. The van der Waals surface area contributed by atoms with Crippen molar-refractivity contribution in [1.29, 1.82) is 0 Å². The van der Waals surface area contributed by atoms with Crippen molar-refractivity contribution >= 4 is 23.2 Å². The Balaban J connectivity index is 0.000000159. The van der Waals surface area contributed by atoms with E-state index in [1.807, 2.05) is 99.7 Å². The van der Waals surface area contributed by atoms with Crippen LogP contribution in [0, 0.1) is 53.2 Å². The van der Waals surface area contributed by atoms with Crippen LogP contribution in [0.4, 0.5) is 8.78 Å². The van der Waals surface area contributed by atoms with Gasteiger partial charge >= 0.3 is 5.97 Å². The van der Waals surface area contributed by atoms with Crippen molar-refractivity contribution in [3.8, 4) is 11.6 Å². The number of fused-ring (bicyclic) bond motifs is 2. The van der Waals surface area contributed by atoms with Gasteiger partial charge in [0.25, 0.3) is 0 Å². The minimum atomic E-state index is -0.814. The lowest BCUT2D eigenvalue weighted by Crippen LogP contribution is -2.48. The monoisotopic (exact) mass is 971 g/mol. The number of aliphatic carboxylic acids is 1. The van der Waals surface area contributed by atoms with Crippen LogP contribution in [0.15, 0.2) is 72.8 Å². The Hall–Kier alpha value is -7.36. The summed E-state index contributed by atoms with van der Waals surface area (Å²) in [7, 11) is 0. The lowest BCUT2D eigenvalue weighted by molar-refractivity contribution is -0.137. The summed E-state index contributed by atoms with van der Waals surface area (Å²) in [5.41, 5.74) is 9.28. The van der Waals surface area contributed by atoms with Crippen LogP contribution >= 0.6 is 0 Å². The summed E-state index contributed by atoms with van der Waals surface area (Å²) < 4.78 is 32.7. The molecule has 8 heterocycles. The van der Waals surface area contributed by atoms with Crippen molar-refractivity contribution in [2.45, 2.75) is 80.3 Å². The number of piperazine rings is 2.